The van der Waals surface area contributed by atoms with E-state index in [0.717, 1.165) is 29.6 Å². The Morgan fingerprint density at radius 1 is 0.947 bits per heavy atom. The lowest BCUT2D eigenvalue weighted by molar-refractivity contribution is -0.160. The third-order valence-electron chi connectivity index (χ3n) is 10.7. The minimum absolute atomic E-state index is 0.115. The van der Waals surface area contributed by atoms with Crippen molar-refractivity contribution in [1.29, 1.82) is 0 Å². The number of benzene rings is 1. The topological polar surface area (TPSA) is 88.2 Å². The highest BCUT2D eigenvalue weighted by Crippen LogP contribution is 2.49. The lowest BCUT2D eigenvalue weighted by Gasteiger charge is -2.53. The number of carbonyl (C=O) groups is 3. The van der Waals surface area contributed by atoms with Crippen LogP contribution in [0.5, 0.6) is 5.75 Å². The molecule has 3 amide bonds. The maximum absolute atomic E-state index is 13.2. The van der Waals surface area contributed by atoms with Gasteiger partial charge in [0.15, 0.2) is 0 Å². The number of carbonyl (C=O) groups excluding carboxylic acids is 3. The van der Waals surface area contributed by atoms with Gasteiger partial charge in [0, 0.05) is 44.3 Å². The summed E-state index contributed by atoms with van der Waals surface area (Å²) in [5, 5.41) is 2.46. The SMILES string of the molecule is CO[C@H]1CC[C@@H](C2CN([C@H]3CCCC[C@@H]3Oc3ccc4c(c3)CN(C35CC(C3)C(=O)NC5=O)C4=O)C2)CC1. The van der Waals surface area contributed by atoms with Gasteiger partial charge in [-0.3, -0.25) is 24.6 Å². The summed E-state index contributed by atoms with van der Waals surface area (Å²) in [6.45, 7) is 2.77. The first kappa shape index (κ1) is 24.6. The molecule has 3 saturated heterocycles. The van der Waals surface area contributed by atoms with Crippen LogP contribution in [0.2, 0.25) is 0 Å². The van der Waals surface area contributed by atoms with Gasteiger partial charge in [0.1, 0.15) is 17.4 Å². The zero-order valence-electron chi connectivity index (χ0n) is 22.3. The number of fused-ring (bicyclic) bond motifs is 3. The van der Waals surface area contributed by atoms with E-state index in [9.17, 15) is 14.4 Å². The highest BCUT2D eigenvalue weighted by atomic mass is 16.5. The summed E-state index contributed by atoms with van der Waals surface area (Å²) in [5.74, 6) is 1.66. The molecule has 1 aromatic rings. The van der Waals surface area contributed by atoms with Gasteiger partial charge in [0.2, 0.25) is 5.91 Å². The Morgan fingerprint density at radius 2 is 1.71 bits per heavy atom. The molecule has 1 N–H and O–H groups in total. The molecule has 38 heavy (non-hydrogen) atoms. The van der Waals surface area contributed by atoms with E-state index in [1.165, 1.54) is 58.0 Å². The van der Waals surface area contributed by atoms with Crippen LogP contribution in [0.25, 0.3) is 0 Å². The van der Waals surface area contributed by atoms with Crippen molar-refractivity contribution in [3.05, 3.63) is 29.3 Å². The predicted octanol–water partition coefficient (Wildman–Crippen LogP) is 3.27. The van der Waals surface area contributed by atoms with Crippen LogP contribution < -0.4 is 10.1 Å². The Hall–Kier alpha value is -2.45. The fourth-order valence-corrected chi connectivity index (χ4v) is 8.24. The maximum atomic E-state index is 13.2. The van der Waals surface area contributed by atoms with Crippen molar-refractivity contribution < 1.29 is 23.9 Å². The van der Waals surface area contributed by atoms with Crippen molar-refractivity contribution in [2.75, 3.05) is 20.2 Å². The first-order chi connectivity index (χ1) is 18.4. The number of hydrogen-bond donors (Lipinski definition) is 1. The fraction of sp³-hybridized carbons (Fsp3) is 0.700. The summed E-state index contributed by atoms with van der Waals surface area (Å²) in [4.78, 5) is 42.2. The summed E-state index contributed by atoms with van der Waals surface area (Å²) < 4.78 is 12.2. The van der Waals surface area contributed by atoms with E-state index in [2.05, 4.69) is 10.2 Å². The molecule has 1 aromatic carbocycles. The van der Waals surface area contributed by atoms with E-state index in [4.69, 9.17) is 9.47 Å². The van der Waals surface area contributed by atoms with Gasteiger partial charge in [-0.1, -0.05) is 6.42 Å². The van der Waals surface area contributed by atoms with Crippen LogP contribution in [0, 0.1) is 17.8 Å². The van der Waals surface area contributed by atoms with Crippen LogP contribution in [0.3, 0.4) is 0 Å². The summed E-state index contributed by atoms with van der Waals surface area (Å²) in [7, 11) is 1.84. The van der Waals surface area contributed by atoms with Crippen molar-refractivity contribution in [1.82, 2.24) is 15.1 Å². The average molecular weight is 522 g/mol. The number of piperidine rings is 2. The van der Waals surface area contributed by atoms with Gasteiger partial charge in [0.05, 0.1) is 6.10 Å². The second kappa shape index (κ2) is 9.33. The van der Waals surface area contributed by atoms with Crippen molar-refractivity contribution in [2.24, 2.45) is 17.8 Å². The molecule has 8 nitrogen and oxygen atoms in total. The number of hydrogen-bond acceptors (Lipinski definition) is 6. The van der Waals surface area contributed by atoms with Crippen molar-refractivity contribution in [3.8, 4) is 5.75 Å². The number of amides is 3. The maximum Gasteiger partial charge on any atom is 0.255 e. The first-order valence-electron chi connectivity index (χ1n) is 14.7. The molecule has 4 aliphatic heterocycles. The quantitative estimate of drug-likeness (QED) is 0.578. The number of nitrogens with zero attached hydrogens (tertiary/aromatic N) is 2. The van der Waals surface area contributed by atoms with Crippen molar-refractivity contribution in [3.63, 3.8) is 0 Å². The smallest absolute Gasteiger partial charge is 0.255 e. The Balaban J connectivity index is 0.994. The summed E-state index contributed by atoms with van der Waals surface area (Å²) in [6.07, 6.45) is 11.2. The molecule has 2 atom stereocenters. The number of nitrogens with one attached hydrogen (secondary N) is 1. The van der Waals surface area contributed by atoms with E-state index in [1.807, 2.05) is 25.3 Å². The highest BCUT2D eigenvalue weighted by Gasteiger charge is 2.63. The Morgan fingerprint density at radius 3 is 2.45 bits per heavy atom. The highest BCUT2D eigenvalue weighted by molar-refractivity contribution is 6.10. The van der Waals surface area contributed by atoms with Crippen LogP contribution in [-0.4, -0.2) is 71.5 Å². The lowest BCUT2D eigenvalue weighted by Crippen LogP contribution is -2.73. The predicted molar refractivity (Wildman–Crippen MR) is 139 cm³/mol. The van der Waals surface area contributed by atoms with Crippen LogP contribution in [-0.2, 0) is 20.9 Å². The Labute approximate surface area is 224 Å². The first-order valence-corrected chi connectivity index (χ1v) is 14.7. The molecule has 0 aromatic heterocycles. The number of ether oxygens (including phenoxy) is 2. The number of methoxy groups -OCH3 is 1. The van der Waals surface area contributed by atoms with Gasteiger partial charge in [-0.25, -0.2) is 0 Å². The molecule has 204 valence electrons. The minimum Gasteiger partial charge on any atom is -0.489 e. The molecular formula is C30H39N3O5. The van der Waals surface area contributed by atoms with E-state index in [1.54, 1.807) is 4.90 Å². The number of rotatable bonds is 6. The molecule has 4 heterocycles. The molecule has 3 saturated carbocycles. The fourth-order valence-electron chi connectivity index (χ4n) is 8.24. The molecule has 3 aliphatic carbocycles. The second-order valence-corrected chi connectivity index (χ2v) is 12.7. The number of imide groups is 1. The normalized spacial score (nSPS) is 37.3. The number of likely N-dealkylation sites (tertiary alicyclic amines) is 1. The second-order valence-electron chi connectivity index (χ2n) is 12.7. The zero-order chi connectivity index (χ0) is 26.0. The average Bonchev–Trinajstić information content (AvgIpc) is 3.19. The summed E-state index contributed by atoms with van der Waals surface area (Å²) in [5.41, 5.74) is 0.688. The molecule has 0 spiro atoms. The van der Waals surface area contributed by atoms with E-state index in [-0.39, 0.29) is 29.7 Å². The van der Waals surface area contributed by atoms with Crippen LogP contribution in [0.15, 0.2) is 18.2 Å². The third kappa shape index (κ3) is 3.89. The lowest BCUT2D eigenvalue weighted by atomic mass is 9.63. The van der Waals surface area contributed by atoms with Gasteiger partial charge >= 0.3 is 0 Å². The molecule has 2 bridgehead atoms. The van der Waals surface area contributed by atoms with Gasteiger partial charge in [0.25, 0.3) is 11.8 Å². The molecule has 6 fully saturated rings. The van der Waals surface area contributed by atoms with E-state index >= 15 is 0 Å². The molecule has 7 aliphatic rings. The monoisotopic (exact) mass is 521 g/mol. The molecule has 0 radical (unpaired) electrons. The summed E-state index contributed by atoms with van der Waals surface area (Å²) in [6, 6.07) is 6.24. The van der Waals surface area contributed by atoms with E-state index < -0.39 is 5.54 Å². The van der Waals surface area contributed by atoms with Gasteiger partial charge in [-0.05, 0) is 93.4 Å². The zero-order valence-corrected chi connectivity index (χ0v) is 22.3. The molecular weight excluding hydrogens is 482 g/mol. The Kier molecular flexibility index (Phi) is 6.04. The standard InChI is InChI=1S/C30H39N3O5/c1-37-22-8-6-18(7-9-22)21-15-32(16-21)25-4-2-3-5-26(25)38-23-10-11-24-19(12-23)17-33(28(24)35)30-13-20(14-30)27(34)31-29(30)36/h10-12,18,20-22,25-26H,2-9,13-17H2,1H3,(H,31,34,36)/t18-,20?,22+,25-,26-,30?/m0/s1. The van der Waals surface area contributed by atoms with Gasteiger partial charge < -0.3 is 14.4 Å². The van der Waals surface area contributed by atoms with E-state index in [0.29, 0.717) is 37.1 Å². The summed E-state index contributed by atoms with van der Waals surface area (Å²) >= 11 is 0. The molecule has 8 rings (SSSR count). The molecule has 0 unspecified atom stereocenters. The van der Waals surface area contributed by atoms with Crippen LogP contribution >= 0.6 is 0 Å². The largest absolute Gasteiger partial charge is 0.489 e. The van der Waals surface area contributed by atoms with Crippen molar-refractivity contribution in [2.45, 2.75) is 94.5 Å². The Bertz CT molecular complexity index is 1130. The van der Waals surface area contributed by atoms with Gasteiger partial charge in [-0.15, -0.1) is 0 Å². The van der Waals surface area contributed by atoms with Crippen LogP contribution in [0.1, 0.15) is 80.1 Å². The van der Waals surface area contributed by atoms with Gasteiger partial charge in [-0.2, -0.15) is 0 Å². The van der Waals surface area contributed by atoms with Crippen molar-refractivity contribution >= 4 is 17.7 Å². The third-order valence-corrected chi connectivity index (χ3v) is 10.7. The van der Waals surface area contributed by atoms with Crippen LogP contribution in [0.4, 0.5) is 0 Å². The minimum atomic E-state index is -0.874. The molecule has 8 heteroatoms.